The van der Waals surface area contributed by atoms with Crippen LogP contribution in [0, 0.1) is 0 Å². The number of nitrogens with zero attached hydrogens (tertiary/aromatic N) is 7. The molecule has 0 fully saturated rings. The topological polar surface area (TPSA) is 418 Å². The summed E-state index contributed by atoms with van der Waals surface area (Å²) in [5, 5.41) is 25.4. The van der Waals surface area contributed by atoms with Gasteiger partial charge in [-0.2, -0.15) is 57.0 Å². The highest BCUT2D eigenvalue weighted by molar-refractivity contribution is 7.87. The van der Waals surface area contributed by atoms with E-state index in [4.69, 9.17) is 28.9 Å². The van der Waals surface area contributed by atoms with Gasteiger partial charge in [0.25, 0.3) is 50.6 Å². The van der Waals surface area contributed by atoms with Gasteiger partial charge in [0.15, 0.2) is 5.75 Å². The van der Waals surface area contributed by atoms with Gasteiger partial charge in [-0.25, -0.2) is 0 Å². The molecular weight excluding hydrogens is 962 g/mol. The Labute approximate surface area is 351 Å². The Morgan fingerprint density at radius 2 is 1.10 bits per heavy atom. The molecule has 0 unspecified atom stereocenters. The normalized spacial score (nSPS) is 13.2. The SMILES string of the molecule is Nc1c(N=Nc2cc(Nc3nc(Cl)nc(Cl)n3)ccc2S(=O)(=O)O)c(S(=O)(=O)O)cc2cc(S(=O)(=O)O)c(N=Nc3ccc4c(S(=O)(=O)O)cccc4c3S(=O)(=O)O)c(O)c12. The van der Waals surface area contributed by atoms with Crippen molar-refractivity contribution in [2.24, 2.45) is 20.5 Å². The first-order chi connectivity index (χ1) is 28.1. The molecule has 6 rings (SSSR count). The summed E-state index contributed by atoms with van der Waals surface area (Å²) >= 11 is 11.5. The molecule has 0 radical (unpaired) electrons. The molecule has 0 aliphatic carbocycles. The largest absolute Gasteiger partial charge is 0.505 e. The Hall–Kier alpha value is -5.64. The van der Waals surface area contributed by atoms with E-state index in [0.717, 1.165) is 48.5 Å². The van der Waals surface area contributed by atoms with E-state index in [-0.39, 0.29) is 22.2 Å². The molecule has 1 heterocycles. The fourth-order valence-electron chi connectivity index (χ4n) is 5.58. The van der Waals surface area contributed by atoms with Crippen LogP contribution in [0.5, 0.6) is 5.75 Å². The van der Waals surface area contributed by atoms with Crippen LogP contribution in [0.2, 0.25) is 10.6 Å². The number of hydrogen-bond donors (Lipinski definition) is 8. The molecule has 0 bridgehead atoms. The van der Waals surface area contributed by atoms with Crippen molar-refractivity contribution < 1.29 is 70.0 Å². The van der Waals surface area contributed by atoms with E-state index in [0.29, 0.717) is 12.1 Å². The van der Waals surface area contributed by atoms with E-state index < -0.39 is 131 Å². The lowest BCUT2D eigenvalue weighted by Gasteiger charge is -2.14. The number of halogens is 2. The predicted molar refractivity (Wildman–Crippen MR) is 211 cm³/mol. The Bertz CT molecular complexity index is 3520. The highest BCUT2D eigenvalue weighted by Crippen LogP contribution is 2.49. The van der Waals surface area contributed by atoms with Crippen LogP contribution in [-0.2, 0) is 50.6 Å². The average molecular weight is 981 g/mol. The first kappa shape index (κ1) is 44.9. The van der Waals surface area contributed by atoms with Gasteiger partial charge in [-0.3, -0.25) is 22.8 Å². The zero-order valence-electron chi connectivity index (χ0n) is 29.0. The van der Waals surface area contributed by atoms with Gasteiger partial charge in [-0.15, -0.1) is 20.5 Å². The van der Waals surface area contributed by atoms with Crippen LogP contribution in [0.3, 0.4) is 0 Å². The van der Waals surface area contributed by atoms with Crippen LogP contribution >= 0.6 is 23.2 Å². The number of phenols is 1. The summed E-state index contributed by atoms with van der Waals surface area (Å²) in [6.45, 7) is 0. The fraction of sp³-hybridized carbons (Fsp3) is 0. The average Bonchev–Trinajstić information content (AvgIpc) is 3.10. The van der Waals surface area contributed by atoms with E-state index >= 15 is 0 Å². The molecule has 6 aromatic rings. The lowest BCUT2D eigenvalue weighted by atomic mass is 10.1. The van der Waals surface area contributed by atoms with E-state index in [1.165, 1.54) is 0 Å². The van der Waals surface area contributed by atoms with Crippen LogP contribution in [0.15, 0.2) is 106 Å². The molecule has 0 aliphatic heterocycles. The number of nitrogens with two attached hydrogens (primary N) is 1. The van der Waals surface area contributed by atoms with Crippen molar-refractivity contribution in [3.8, 4) is 5.75 Å². The third-order valence-corrected chi connectivity index (χ3v) is 12.8. The number of anilines is 3. The molecule has 61 heavy (non-hydrogen) atoms. The van der Waals surface area contributed by atoms with Crippen molar-refractivity contribution in [3.05, 3.63) is 71.2 Å². The zero-order valence-corrected chi connectivity index (χ0v) is 34.6. The maximum absolute atomic E-state index is 12.6. The highest BCUT2D eigenvalue weighted by atomic mass is 35.5. The molecule has 0 aliphatic rings. The maximum atomic E-state index is 12.6. The lowest BCUT2D eigenvalue weighted by Crippen LogP contribution is -2.04. The number of phenolic OH excluding ortho intramolecular Hbond substituents is 1. The van der Waals surface area contributed by atoms with Gasteiger partial charge in [-0.05, 0) is 71.1 Å². The molecule has 0 amide bonds. The van der Waals surface area contributed by atoms with Gasteiger partial charge in [0.05, 0.1) is 11.1 Å². The van der Waals surface area contributed by atoms with Crippen LogP contribution < -0.4 is 11.1 Å². The van der Waals surface area contributed by atoms with E-state index in [1.807, 2.05) is 0 Å². The quantitative estimate of drug-likeness (QED) is 0.0446. The third kappa shape index (κ3) is 9.33. The molecule has 0 spiro atoms. The van der Waals surface area contributed by atoms with Gasteiger partial charge in [-0.1, -0.05) is 18.2 Å². The number of nitrogen functional groups attached to an aromatic ring is 1. The summed E-state index contributed by atoms with van der Waals surface area (Å²) in [5.74, 6) is -1.61. The van der Waals surface area contributed by atoms with E-state index in [9.17, 15) is 70.0 Å². The molecule has 0 saturated carbocycles. The van der Waals surface area contributed by atoms with Gasteiger partial charge in [0.2, 0.25) is 16.5 Å². The van der Waals surface area contributed by atoms with Crippen molar-refractivity contribution in [3.63, 3.8) is 0 Å². The first-order valence-corrected chi connectivity index (χ1v) is 23.4. The molecule has 0 atom stereocenters. The summed E-state index contributed by atoms with van der Waals surface area (Å²) in [5.41, 5.74) is 1.33. The second kappa shape index (κ2) is 15.7. The monoisotopic (exact) mass is 979 g/mol. The minimum absolute atomic E-state index is 0.0750. The minimum Gasteiger partial charge on any atom is -0.505 e. The number of fused-ring (bicyclic) bond motifs is 2. The van der Waals surface area contributed by atoms with E-state index in [2.05, 4.69) is 40.7 Å². The first-order valence-electron chi connectivity index (χ1n) is 15.4. The molecule has 32 heteroatoms. The standard InChI is InChI=1S/C29H19Cl2N9O16S5/c30-27-34-28(31)36-29(35-27)33-12-4-7-18(58(45,46)47)16(10-12)38-39-23-19(59(48,49)50)8-11-9-20(60(51,52)53)24(25(41)21(11)22(23)32)40-37-15-6-5-13-14(26(15)61(54,55)56)2-1-3-17(13)57(42,43)44/h1-10,41H,32H2,(H,42,43,44)(H,45,46,47)(H,48,49,50)(H,51,52,53)(H,54,55,56)(H,33,34,35,36). The number of rotatable bonds is 11. The van der Waals surface area contributed by atoms with Crippen LogP contribution in [-0.4, -0.2) is 84.9 Å². The van der Waals surface area contributed by atoms with Crippen molar-refractivity contribution in [2.75, 3.05) is 11.1 Å². The molecule has 320 valence electrons. The summed E-state index contributed by atoms with van der Waals surface area (Å²) in [6.07, 6.45) is 0. The lowest BCUT2D eigenvalue weighted by molar-refractivity contribution is 0.472. The number of benzene rings is 5. The maximum Gasteiger partial charge on any atom is 0.297 e. The predicted octanol–water partition coefficient (Wildman–Crippen LogP) is 5.58. The summed E-state index contributed by atoms with van der Waals surface area (Å²) in [6, 6.07) is 8.36. The summed E-state index contributed by atoms with van der Waals surface area (Å²) < 4.78 is 174. The van der Waals surface area contributed by atoms with Crippen molar-refractivity contribution in [1.29, 1.82) is 0 Å². The second-order valence-corrected chi connectivity index (χ2v) is 19.4. The number of hydrogen-bond acceptors (Lipinski definition) is 20. The van der Waals surface area contributed by atoms with Gasteiger partial charge in [0, 0.05) is 16.5 Å². The Morgan fingerprint density at radius 1 is 0.557 bits per heavy atom. The van der Waals surface area contributed by atoms with Crippen LogP contribution in [0.1, 0.15) is 0 Å². The number of azo groups is 2. The Morgan fingerprint density at radius 3 is 1.66 bits per heavy atom. The van der Waals surface area contributed by atoms with Crippen molar-refractivity contribution >= 4 is 135 Å². The third-order valence-electron chi connectivity index (χ3n) is 7.95. The van der Waals surface area contributed by atoms with E-state index in [1.54, 1.807) is 0 Å². The molecule has 25 nitrogen and oxygen atoms in total. The van der Waals surface area contributed by atoms with Crippen molar-refractivity contribution in [1.82, 2.24) is 15.0 Å². The van der Waals surface area contributed by atoms with Crippen molar-refractivity contribution in [2.45, 2.75) is 24.5 Å². The number of aromatic hydroxyl groups is 1. The molecular formula is C29H19Cl2N9O16S5. The Kier molecular flexibility index (Phi) is 11.5. The minimum atomic E-state index is -5.50. The zero-order chi connectivity index (χ0) is 45.2. The van der Waals surface area contributed by atoms with Gasteiger partial charge >= 0.3 is 0 Å². The van der Waals surface area contributed by atoms with Crippen LogP contribution in [0.25, 0.3) is 21.5 Å². The van der Waals surface area contributed by atoms with Gasteiger partial charge in [0.1, 0.15) is 47.2 Å². The highest BCUT2D eigenvalue weighted by Gasteiger charge is 2.29. The number of aromatic nitrogens is 3. The smallest absolute Gasteiger partial charge is 0.297 e. The summed E-state index contributed by atoms with van der Waals surface area (Å²) in [7, 11) is -26.4. The number of nitrogens with one attached hydrogen (secondary N) is 1. The fourth-order valence-corrected chi connectivity index (χ4v) is 9.41. The molecule has 1 aromatic heterocycles. The van der Waals surface area contributed by atoms with Crippen LogP contribution in [0.4, 0.5) is 40.1 Å². The molecule has 5 aromatic carbocycles. The second-order valence-electron chi connectivity index (χ2n) is 11.9. The summed E-state index contributed by atoms with van der Waals surface area (Å²) in [4.78, 5) is 5.66. The Balaban J connectivity index is 1.59. The molecule has 9 N–H and O–H groups in total. The molecule has 0 saturated heterocycles. The van der Waals surface area contributed by atoms with Gasteiger partial charge < -0.3 is 16.2 Å².